The number of aromatic nitrogens is 4. The molecule has 0 spiro atoms. The van der Waals surface area contributed by atoms with Gasteiger partial charge in [-0.05, 0) is 41.5 Å². The number of nitrogens with zero attached hydrogens (tertiary/aromatic N) is 4. The summed E-state index contributed by atoms with van der Waals surface area (Å²) in [6.45, 7) is 4.57. The number of benzene rings is 1. The normalized spacial score (nSPS) is 10.7. The first-order valence-corrected chi connectivity index (χ1v) is 8.70. The van der Waals surface area contributed by atoms with Crippen LogP contribution in [0.3, 0.4) is 0 Å². The molecule has 0 radical (unpaired) electrons. The van der Waals surface area contributed by atoms with Crippen LogP contribution in [0.15, 0.2) is 47.2 Å². The largest absolute Gasteiger partial charge is 0.383 e. The van der Waals surface area contributed by atoms with Crippen molar-refractivity contribution in [2.75, 3.05) is 12.3 Å². The van der Waals surface area contributed by atoms with Gasteiger partial charge in [0, 0.05) is 22.7 Å². The molecule has 128 valence electrons. The van der Waals surface area contributed by atoms with Crippen molar-refractivity contribution in [1.29, 1.82) is 0 Å². The van der Waals surface area contributed by atoms with E-state index in [0.29, 0.717) is 5.82 Å². The number of para-hydroxylation sites is 1. The van der Waals surface area contributed by atoms with Crippen LogP contribution < -0.4 is 11.5 Å². The molecule has 1 aromatic carbocycles. The lowest BCUT2D eigenvalue weighted by atomic mass is 10.1. The van der Waals surface area contributed by atoms with Crippen LogP contribution in [0.4, 0.5) is 5.82 Å². The Kier molecular flexibility index (Phi) is 4.96. The Balaban J connectivity index is 0.000000569. The van der Waals surface area contributed by atoms with Gasteiger partial charge in [0.1, 0.15) is 5.82 Å². The maximum Gasteiger partial charge on any atom is 0.165 e. The Morgan fingerprint density at radius 2 is 1.92 bits per heavy atom. The van der Waals surface area contributed by atoms with Crippen LogP contribution in [-0.2, 0) is 0 Å². The molecule has 0 unspecified atom stereocenters. The van der Waals surface area contributed by atoms with Gasteiger partial charge in [-0.15, -0.1) is 0 Å². The summed E-state index contributed by atoms with van der Waals surface area (Å²) in [5.74, 6) is 0.544. The average molecular weight is 399 g/mol. The van der Waals surface area contributed by atoms with E-state index in [1.807, 2.05) is 44.3 Å². The highest BCUT2D eigenvalue weighted by atomic mass is 79.9. The predicted octanol–water partition coefficient (Wildman–Crippen LogP) is 3.56. The molecule has 4 N–H and O–H groups in total. The Morgan fingerprint density at radius 3 is 2.68 bits per heavy atom. The molecule has 0 aliphatic carbocycles. The fraction of sp³-hybridized carbons (Fsp3) is 0.167. The first-order valence-electron chi connectivity index (χ1n) is 7.91. The van der Waals surface area contributed by atoms with Gasteiger partial charge in [0.05, 0.1) is 21.9 Å². The second-order valence-corrected chi connectivity index (χ2v) is 6.31. The van der Waals surface area contributed by atoms with Gasteiger partial charge in [-0.3, -0.25) is 4.98 Å². The molecule has 0 saturated heterocycles. The van der Waals surface area contributed by atoms with Crippen molar-refractivity contribution >= 4 is 38.3 Å². The third kappa shape index (κ3) is 3.20. The van der Waals surface area contributed by atoms with Crippen molar-refractivity contribution in [3.8, 4) is 11.1 Å². The number of hydrogen-bond acceptors (Lipinski definition) is 5. The summed E-state index contributed by atoms with van der Waals surface area (Å²) in [6.07, 6.45) is 3.62. The zero-order valence-electron chi connectivity index (χ0n) is 14.1. The molecule has 6 nitrogen and oxygen atoms in total. The SMILES string of the molecule is CCN.Cc1nc2c(-c3cnc4ccccc4c3)cnn2c(N)c1Br. The van der Waals surface area contributed by atoms with E-state index in [4.69, 9.17) is 11.5 Å². The molecule has 4 aromatic rings. The van der Waals surface area contributed by atoms with Crippen LogP contribution in [0.5, 0.6) is 0 Å². The number of halogens is 1. The fourth-order valence-corrected chi connectivity index (χ4v) is 2.79. The minimum atomic E-state index is 0.544. The lowest BCUT2D eigenvalue weighted by Gasteiger charge is -2.06. The number of aryl methyl sites for hydroxylation is 1. The fourth-order valence-electron chi connectivity index (χ4n) is 2.53. The maximum atomic E-state index is 6.10. The van der Waals surface area contributed by atoms with Gasteiger partial charge in [-0.25, -0.2) is 4.98 Å². The van der Waals surface area contributed by atoms with Gasteiger partial charge in [-0.2, -0.15) is 9.61 Å². The Bertz CT molecular complexity index is 1040. The molecular weight excluding hydrogens is 380 g/mol. The Hall–Kier alpha value is -2.51. The number of nitrogen functional groups attached to an aromatic ring is 1. The molecule has 0 aliphatic heterocycles. The smallest absolute Gasteiger partial charge is 0.165 e. The second kappa shape index (κ2) is 7.16. The van der Waals surface area contributed by atoms with Crippen LogP contribution in [0.25, 0.3) is 27.7 Å². The minimum Gasteiger partial charge on any atom is -0.383 e. The minimum absolute atomic E-state index is 0.544. The molecule has 4 rings (SSSR count). The van der Waals surface area contributed by atoms with Gasteiger partial charge in [0.25, 0.3) is 0 Å². The first kappa shape index (κ1) is 17.3. The predicted molar refractivity (Wildman–Crippen MR) is 105 cm³/mol. The number of anilines is 1. The standard InChI is InChI=1S/C16H12BrN5.C2H7N/c1-9-14(17)15(18)22-16(21-9)12(8-20-22)11-6-10-4-2-3-5-13(10)19-7-11;1-2-3/h2-8H,18H2,1H3;2-3H2,1H3. The number of pyridine rings is 1. The van der Waals surface area contributed by atoms with E-state index in [1.165, 1.54) is 0 Å². The molecule has 0 fully saturated rings. The van der Waals surface area contributed by atoms with E-state index >= 15 is 0 Å². The zero-order valence-corrected chi connectivity index (χ0v) is 15.7. The number of rotatable bonds is 1. The van der Waals surface area contributed by atoms with Crippen molar-refractivity contribution in [2.45, 2.75) is 13.8 Å². The summed E-state index contributed by atoms with van der Waals surface area (Å²) in [6, 6.07) is 10.1. The zero-order chi connectivity index (χ0) is 18.0. The molecule has 0 amide bonds. The van der Waals surface area contributed by atoms with Crippen molar-refractivity contribution in [3.63, 3.8) is 0 Å². The topological polar surface area (TPSA) is 95.1 Å². The van der Waals surface area contributed by atoms with Crippen molar-refractivity contribution < 1.29 is 0 Å². The van der Waals surface area contributed by atoms with E-state index < -0.39 is 0 Å². The quantitative estimate of drug-likeness (QED) is 0.510. The monoisotopic (exact) mass is 398 g/mol. The van der Waals surface area contributed by atoms with Gasteiger partial charge in [0.15, 0.2) is 5.65 Å². The second-order valence-electron chi connectivity index (χ2n) is 5.52. The summed E-state index contributed by atoms with van der Waals surface area (Å²) >= 11 is 3.44. The maximum absolute atomic E-state index is 6.10. The molecule has 25 heavy (non-hydrogen) atoms. The number of fused-ring (bicyclic) bond motifs is 2. The molecular formula is C18H19BrN6. The summed E-state index contributed by atoms with van der Waals surface area (Å²) in [5.41, 5.74) is 15.4. The van der Waals surface area contributed by atoms with E-state index in [9.17, 15) is 0 Å². The van der Waals surface area contributed by atoms with Crippen LogP contribution in [0, 0.1) is 6.92 Å². The average Bonchev–Trinajstić information content (AvgIpc) is 3.04. The Labute approximate surface area is 154 Å². The molecule has 0 atom stereocenters. The number of nitrogens with two attached hydrogens (primary N) is 2. The van der Waals surface area contributed by atoms with Crippen molar-refractivity contribution in [2.24, 2.45) is 5.73 Å². The van der Waals surface area contributed by atoms with Crippen LogP contribution in [0.2, 0.25) is 0 Å². The third-order valence-corrected chi connectivity index (χ3v) is 4.67. The van der Waals surface area contributed by atoms with Crippen LogP contribution in [-0.4, -0.2) is 26.1 Å². The summed E-state index contributed by atoms with van der Waals surface area (Å²) in [7, 11) is 0. The molecule has 0 saturated carbocycles. The van der Waals surface area contributed by atoms with Crippen LogP contribution in [0.1, 0.15) is 12.6 Å². The van der Waals surface area contributed by atoms with E-state index in [1.54, 1.807) is 10.7 Å². The highest BCUT2D eigenvalue weighted by Crippen LogP contribution is 2.30. The van der Waals surface area contributed by atoms with Crippen molar-refractivity contribution in [1.82, 2.24) is 19.6 Å². The first-order chi connectivity index (χ1) is 12.1. The van der Waals surface area contributed by atoms with E-state index in [-0.39, 0.29) is 0 Å². The lowest BCUT2D eigenvalue weighted by Crippen LogP contribution is -2.03. The highest BCUT2D eigenvalue weighted by Gasteiger charge is 2.14. The third-order valence-electron chi connectivity index (χ3n) is 3.69. The Morgan fingerprint density at radius 1 is 1.20 bits per heavy atom. The molecule has 0 bridgehead atoms. The molecule has 0 aliphatic rings. The summed E-state index contributed by atoms with van der Waals surface area (Å²) in [4.78, 5) is 9.10. The van der Waals surface area contributed by atoms with Gasteiger partial charge >= 0.3 is 0 Å². The van der Waals surface area contributed by atoms with Crippen molar-refractivity contribution in [3.05, 3.63) is 52.9 Å². The summed E-state index contributed by atoms with van der Waals surface area (Å²) < 4.78 is 2.41. The lowest BCUT2D eigenvalue weighted by molar-refractivity contribution is 0.935. The van der Waals surface area contributed by atoms with E-state index in [2.05, 4.69) is 37.1 Å². The number of hydrogen-bond donors (Lipinski definition) is 2. The van der Waals surface area contributed by atoms with E-state index in [0.717, 1.165) is 44.4 Å². The molecule has 3 aromatic heterocycles. The van der Waals surface area contributed by atoms with Gasteiger partial charge in [0.2, 0.25) is 0 Å². The molecule has 7 heteroatoms. The van der Waals surface area contributed by atoms with Gasteiger partial charge in [-0.1, -0.05) is 25.1 Å². The highest BCUT2D eigenvalue weighted by molar-refractivity contribution is 9.10. The molecule has 3 heterocycles. The van der Waals surface area contributed by atoms with Crippen LogP contribution >= 0.6 is 15.9 Å². The van der Waals surface area contributed by atoms with Gasteiger partial charge < -0.3 is 11.5 Å². The summed E-state index contributed by atoms with van der Waals surface area (Å²) in [5, 5.41) is 5.43.